The number of amides is 1. The zero-order valence-electron chi connectivity index (χ0n) is 15.4. The molecule has 1 amide bonds. The number of aromatic nitrogens is 2. The number of halogens is 2. The Labute approximate surface area is 171 Å². The van der Waals surface area contributed by atoms with Crippen LogP contribution in [-0.2, 0) is 9.53 Å². The molecule has 0 aliphatic rings. The summed E-state index contributed by atoms with van der Waals surface area (Å²) >= 11 is 5.81. The topological polar surface area (TPSA) is 82.4 Å². The van der Waals surface area contributed by atoms with Crippen molar-refractivity contribution in [2.45, 2.75) is 6.92 Å². The molecule has 0 radical (unpaired) electrons. The number of rotatable bonds is 7. The first-order chi connectivity index (χ1) is 14.0. The van der Waals surface area contributed by atoms with Gasteiger partial charge in [0.15, 0.2) is 12.4 Å². The third-order valence-corrected chi connectivity index (χ3v) is 3.97. The molecule has 0 aliphatic heterocycles. The van der Waals surface area contributed by atoms with E-state index in [0.717, 1.165) is 6.07 Å². The lowest BCUT2D eigenvalue weighted by atomic mass is 10.3. The molecule has 0 unspecified atom stereocenters. The van der Waals surface area contributed by atoms with Gasteiger partial charge in [-0.05, 0) is 37.3 Å². The van der Waals surface area contributed by atoms with E-state index in [4.69, 9.17) is 21.1 Å². The predicted molar refractivity (Wildman–Crippen MR) is 105 cm³/mol. The Morgan fingerprint density at radius 1 is 1.21 bits per heavy atom. The molecule has 0 saturated heterocycles. The van der Waals surface area contributed by atoms with Gasteiger partial charge in [0, 0.05) is 5.02 Å². The van der Waals surface area contributed by atoms with E-state index in [2.05, 4.69) is 10.4 Å². The summed E-state index contributed by atoms with van der Waals surface area (Å²) in [6.07, 6.45) is 1.47. The van der Waals surface area contributed by atoms with E-state index < -0.39 is 24.3 Å². The van der Waals surface area contributed by atoms with Crippen molar-refractivity contribution in [3.8, 4) is 11.4 Å². The van der Waals surface area contributed by atoms with Crippen LogP contribution in [0.5, 0.6) is 5.75 Å². The van der Waals surface area contributed by atoms with Crippen LogP contribution in [0.1, 0.15) is 17.4 Å². The third-order valence-electron chi connectivity index (χ3n) is 3.73. The summed E-state index contributed by atoms with van der Waals surface area (Å²) in [6, 6.07) is 12.8. The van der Waals surface area contributed by atoms with Crippen LogP contribution in [0.3, 0.4) is 0 Å². The number of ether oxygens (including phenoxy) is 2. The molecule has 1 heterocycles. The van der Waals surface area contributed by atoms with Crippen LogP contribution in [0.4, 0.5) is 10.1 Å². The molecule has 2 aromatic carbocycles. The average molecular weight is 418 g/mol. The quantitative estimate of drug-likeness (QED) is 0.590. The van der Waals surface area contributed by atoms with Crippen molar-refractivity contribution >= 4 is 29.2 Å². The number of nitrogens with one attached hydrogen (secondary N) is 1. The van der Waals surface area contributed by atoms with Crippen molar-refractivity contribution in [1.29, 1.82) is 0 Å². The lowest BCUT2D eigenvalue weighted by Gasteiger charge is -2.08. The number of carbonyl (C=O) groups is 2. The van der Waals surface area contributed by atoms with Crippen LogP contribution in [0, 0.1) is 5.82 Å². The predicted octanol–water partition coefficient (Wildman–Crippen LogP) is 3.86. The number of hydrogen-bond donors (Lipinski definition) is 1. The Bertz CT molecular complexity index is 1020. The minimum Gasteiger partial charge on any atom is -0.480 e. The van der Waals surface area contributed by atoms with Crippen molar-refractivity contribution in [3.05, 3.63) is 71.3 Å². The van der Waals surface area contributed by atoms with Crippen LogP contribution in [0.25, 0.3) is 5.69 Å². The number of anilines is 1. The first-order valence-corrected chi connectivity index (χ1v) is 9.05. The molecule has 7 nitrogen and oxygen atoms in total. The van der Waals surface area contributed by atoms with Crippen molar-refractivity contribution < 1.29 is 23.5 Å². The number of carbonyl (C=O) groups excluding carboxylic acids is 2. The van der Waals surface area contributed by atoms with Crippen LogP contribution >= 0.6 is 11.6 Å². The first-order valence-electron chi connectivity index (χ1n) is 8.68. The van der Waals surface area contributed by atoms with Crippen molar-refractivity contribution in [2.24, 2.45) is 0 Å². The molecule has 3 aromatic rings. The molecule has 9 heteroatoms. The Morgan fingerprint density at radius 2 is 1.97 bits per heavy atom. The SMILES string of the molecule is CCOC(=O)c1nn(-c2ccccc2)cc1OCC(=O)Nc1cc(Cl)ccc1F. The third kappa shape index (κ3) is 5.11. The summed E-state index contributed by atoms with van der Waals surface area (Å²) in [5.74, 6) is -1.88. The molecule has 0 aliphatic carbocycles. The second-order valence-corrected chi connectivity index (χ2v) is 6.24. The largest absolute Gasteiger partial charge is 0.480 e. The maximum absolute atomic E-state index is 13.8. The van der Waals surface area contributed by atoms with Crippen molar-refractivity contribution in [3.63, 3.8) is 0 Å². The van der Waals surface area contributed by atoms with E-state index in [-0.39, 0.29) is 28.8 Å². The standard InChI is InChI=1S/C20H17ClFN3O4/c1-2-28-20(27)19-17(11-25(24-19)14-6-4-3-5-7-14)29-12-18(26)23-16-10-13(21)8-9-15(16)22/h3-11H,2,12H2,1H3,(H,23,26). The maximum atomic E-state index is 13.8. The average Bonchev–Trinajstić information content (AvgIpc) is 3.14. The van der Waals surface area contributed by atoms with E-state index in [1.165, 1.54) is 23.0 Å². The Kier molecular flexibility index (Phi) is 6.46. The first kappa shape index (κ1) is 20.3. The lowest BCUT2D eigenvalue weighted by molar-refractivity contribution is -0.118. The second-order valence-electron chi connectivity index (χ2n) is 5.80. The lowest BCUT2D eigenvalue weighted by Crippen LogP contribution is -2.21. The van der Waals surface area contributed by atoms with Crippen LogP contribution < -0.4 is 10.1 Å². The second kappa shape index (κ2) is 9.20. The van der Waals surface area contributed by atoms with E-state index in [0.29, 0.717) is 5.69 Å². The molecule has 150 valence electrons. The van der Waals surface area contributed by atoms with Gasteiger partial charge >= 0.3 is 5.97 Å². The Balaban J connectivity index is 1.76. The molecular formula is C20H17ClFN3O4. The van der Waals surface area contributed by atoms with Gasteiger partial charge in [-0.25, -0.2) is 13.9 Å². The Morgan fingerprint density at radius 3 is 2.69 bits per heavy atom. The fourth-order valence-electron chi connectivity index (χ4n) is 2.44. The van der Waals surface area contributed by atoms with E-state index in [1.807, 2.05) is 18.2 Å². The molecule has 1 N–H and O–H groups in total. The van der Waals surface area contributed by atoms with Gasteiger partial charge in [0.05, 0.1) is 24.2 Å². The number of hydrogen-bond acceptors (Lipinski definition) is 5. The highest BCUT2D eigenvalue weighted by molar-refractivity contribution is 6.30. The number of para-hydroxylation sites is 1. The highest BCUT2D eigenvalue weighted by Crippen LogP contribution is 2.22. The van der Waals surface area contributed by atoms with Crippen LogP contribution in [0.2, 0.25) is 5.02 Å². The molecule has 0 spiro atoms. The highest BCUT2D eigenvalue weighted by Gasteiger charge is 2.21. The van der Waals surface area contributed by atoms with Crippen LogP contribution in [-0.4, -0.2) is 34.9 Å². The van der Waals surface area contributed by atoms with E-state index in [1.54, 1.807) is 19.1 Å². The monoisotopic (exact) mass is 417 g/mol. The molecule has 3 rings (SSSR count). The summed E-state index contributed by atoms with van der Waals surface area (Å²) in [5.41, 5.74) is 0.549. The smallest absolute Gasteiger partial charge is 0.362 e. The zero-order chi connectivity index (χ0) is 20.8. The van der Waals surface area contributed by atoms with Gasteiger partial charge in [-0.1, -0.05) is 29.8 Å². The number of benzene rings is 2. The van der Waals surface area contributed by atoms with Gasteiger partial charge in [0.1, 0.15) is 5.82 Å². The molecular weight excluding hydrogens is 401 g/mol. The molecule has 0 saturated carbocycles. The Hall–Kier alpha value is -3.39. The number of nitrogens with zero attached hydrogens (tertiary/aromatic N) is 2. The van der Waals surface area contributed by atoms with Crippen molar-refractivity contribution in [2.75, 3.05) is 18.5 Å². The van der Waals surface area contributed by atoms with Gasteiger partial charge in [0.2, 0.25) is 5.69 Å². The van der Waals surface area contributed by atoms with E-state index >= 15 is 0 Å². The fraction of sp³-hybridized carbons (Fsp3) is 0.150. The molecule has 1 aromatic heterocycles. The highest BCUT2D eigenvalue weighted by atomic mass is 35.5. The molecule has 0 fully saturated rings. The van der Waals surface area contributed by atoms with Crippen LogP contribution in [0.15, 0.2) is 54.7 Å². The zero-order valence-corrected chi connectivity index (χ0v) is 16.1. The van der Waals surface area contributed by atoms with Gasteiger partial charge < -0.3 is 14.8 Å². The molecule has 0 atom stereocenters. The van der Waals surface area contributed by atoms with Gasteiger partial charge in [-0.2, -0.15) is 5.10 Å². The minimum absolute atomic E-state index is 0.0639. The summed E-state index contributed by atoms with van der Waals surface area (Å²) in [7, 11) is 0. The minimum atomic E-state index is -0.682. The van der Waals surface area contributed by atoms with Gasteiger partial charge in [-0.3, -0.25) is 4.79 Å². The summed E-state index contributed by atoms with van der Waals surface area (Å²) < 4.78 is 25.6. The summed E-state index contributed by atoms with van der Waals surface area (Å²) in [4.78, 5) is 24.3. The van der Waals surface area contributed by atoms with Gasteiger partial charge in [0.25, 0.3) is 5.91 Å². The normalized spacial score (nSPS) is 10.4. The summed E-state index contributed by atoms with van der Waals surface area (Å²) in [6.45, 7) is 1.35. The van der Waals surface area contributed by atoms with Gasteiger partial charge in [-0.15, -0.1) is 0 Å². The maximum Gasteiger partial charge on any atom is 0.362 e. The molecule has 29 heavy (non-hydrogen) atoms. The van der Waals surface area contributed by atoms with Crippen molar-refractivity contribution in [1.82, 2.24) is 9.78 Å². The van der Waals surface area contributed by atoms with E-state index in [9.17, 15) is 14.0 Å². The fourth-order valence-corrected chi connectivity index (χ4v) is 2.61. The summed E-state index contributed by atoms with van der Waals surface area (Å²) in [5, 5.41) is 6.84. The molecule has 0 bridgehead atoms. The number of esters is 1.